The maximum absolute atomic E-state index is 10.2. The summed E-state index contributed by atoms with van der Waals surface area (Å²) >= 11 is 0. The van der Waals surface area contributed by atoms with Crippen molar-refractivity contribution < 1.29 is 14.9 Å². The Balaban J connectivity index is 1.37. The van der Waals surface area contributed by atoms with E-state index in [2.05, 4.69) is 21.9 Å². The molecule has 1 heterocycles. The van der Waals surface area contributed by atoms with Gasteiger partial charge in [0.25, 0.3) is 0 Å². The smallest absolute Gasteiger partial charge is 0.119 e. The van der Waals surface area contributed by atoms with Crippen LogP contribution in [0.1, 0.15) is 11.1 Å². The van der Waals surface area contributed by atoms with Gasteiger partial charge >= 0.3 is 0 Å². The number of hydrogen-bond donors (Lipinski definition) is 2. The van der Waals surface area contributed by atoms with Gasteiger partial charge in [-0.1, -0.05) is 42.5 Å². The largest absolute Gasteiger partial charge is 0.491 e. The van der Waals surface area contributed by atoms with Crippen LogP contribution >= 0.6 is 0 Å². The molecule has 1 aliphatic rings. The second-order valence-corrected chi connectivity index (χ2v) is 7.14. The van der Waals surface area contributed by atoms with Crippen molar-refractivity contribution in [2.75, 3.05) is 33.3 Å². The van der Waals surface area contributed by atoms with Crippen LogP contribution in [0.15, 0.2) is 54.6 Å². The number of likely N-dealkylation sites (N-methyl/N-ethyl adjacent to an activating group) is 1. The zero-order chi connectivity index (χ0) is 18.4. The number of benzene rings is 2. The molecule has 0 aromatic heterocycles. The number of likely N-dealkylation sites (tertiary alicyclic amines) is 1. The summed E-state index contributed by atoms with van der Waals surface area (Å²) in [5, 5.41) is 19.5. The van der Waals surface area contributed by atoms with Crippen LogP contribution in [0.25, 0.3) is 0 Å². The van der Waals surface area contributed by atoms with Crippen LogP contribution in [0.5, 0.6) is 5.75 Å². The van der Waals surface area contributed by atoms with E-state index in [-0.39, 0.29) is 12.7 Å². The van der Waals surface area contributed by atoms with E-state index < -0.39 is 6.10 Å². The van der Waals surface area contributed by atoms with Gasteiger partial charge in [-0.2, -0.15) is 0 Å². The second-order valence-electron chi connectivity index (χ2n) is 7.14. The van der Waals surface area contributed by atoms with E-state index in [1.54, 1.807) is 0 Å². The molecule has 2 aromatic carbocycles. The molecule has 1 aliphatic heterocycles. The molecular weight excluding hydrogens is 328 g/mol. The number of aliphatic hydroxyl groups excluding tert-OH is 2. The normalized spacial score (nSPS) is 16.5. The van der Waals surface area contributed by atoms with Crippen molar-refractivity contribution in [3.8, 4) is 5.75 Å². The van der Waals surface area contributed by atoms with Crippen LogP contribution in [0.3, 0.4) is 0 Å². The van der Waals surface area contributed by atoms with Crippen molar-refractivity contribution in [2.45, 2.75) is 25.3 Å². The molecular formula is C21H28N2O3. The second kappa shape index (κ2) is 9.14. The zero-order valence-corrected chi connectivity index (χ0v) is 15.3. The van der Waals surface area contributed by atoms with E-state index in [9.17, 15) is 10.2 Å². The summed E-state index contributed by atoms with van der Waals surface area (Å²) in [7, 11) is 2.00. The van der Waals surface area contributed by atoms with Crippen LogP contribution in [-0.2, 0) is 13.1 Å². The van der Waals surface area contributed by atoms with Crippen molar-refractivity contribution in [2.24, 2.45) is 0 Å². The summed E-state index contributed by atoms with van der Waals surface area (Å²) in [6.07, 6.45) is -0.704. The lowest BCUT2D eigenvalue weighted by Gasteiger charge is -2.35. The first-order valence-electron chi connectivity index (χ1n) is 9.11. The fraction of sp³-hybridized carbons (Fsp3) is 0.429. The Hall–Kier alpha value is -1.92. The standard InChI is InChI=1S/C21H28N2O3/c1-22(11-17-5-3-2-4-6-17)13-20(25)16-26-21-9-7-18(8-10-21)12-23-14-19(24)15-23/h2-10,19-20,24-25H,11-16H2,1H3/t20-/m1/s1. The van der Waals surface area contributed by atoms with Crippen molar-refractivity contribution in [1.29, 1.82) is 0 Å². The number of ether oxygens (including phenoxy) is 1. The number of aliphatic hydroxyl groups is 2. The van der Waals surface area contributed by atoms with Crippen molar-refractivity contribution >= 4 is 0 Å². The van der Waals surface area contributed by atoms with Gasteiger partial charge in [0.2, 0.25) is 0 Å². The molecule has 1 saturated heterocycles. The summed E-state index contributed by atoms with van der Waals surface area (Å²) in [6, 6.07) is 18.2. The van der Waals surface area contributed by atoms with E-state index in [0.29, 0.717) is 6.54 Å². The number of β-amino-alcohol motifs (C(OH)–C–C–N with tert-alkyl or cyclic N) is 1. The molecule has 0 unspecified atom stereocenters. The van der Waals surface area contributed by atoms with Gasteiger partial charge in [-0.05, 0) is 30.3 Å². The van der Waals surface area contributed by atoms with Gasteiger partial charge in [0.05, 0.1) is 6.10 Å². The third-order valence-corrected chi connectivity index (χ3v) is 4.53. The predicted octanol–water partition coefficient (Wildman–Crippen LogP) is 1.73. The maximum atomic E-state index is 10.2. The van der Waals surface area contributed by atoms with Crippen LogP contribution in [0.4, 0.5) is 0 Å². The molecule has 5 nitrogen and oxygen atoms in total. The summed E-state index contributed by atoms with van der Waals surface area (Å²) in [5.41, 5.74) is 2.43. The average Bonchev–Trinajstić information content (AvgIpc) is 2.60. The third kappa shape index (κ3) is 5.81. The van der Waals surface area contributed by atoms with Gasteiger partial charge in [0.1, 0.15) is 18.5 Å². The molecule has 1 atom stereocenters. The molecule has 0 aliphatic carbocycles. The van der Waals surface area contributed by atoms with Gasteiger partial charge in [0.15, 0.2) is 0 Å². The monoisotopic (exact) mass is 356 g/mol. The lowest BCUT2D eigenvalue weighted by atomic mass is 10.1. The van der Waals surface area contributed by atoms with Crippen LogP contribution in [0, 0.1) is 0 Å². The minimum absolute atomic E-state index is 0.167. The molecule has 0 saturated carbocycles. The number of rotatable bonds is 9. The van der Waals surface area contributed by atoms with Crippen LogP contribution in [0.2, 0.25) is 0 Å². The van der Waals surface area contributed by atoms with Gasteiger partial charge in [-0.15, -0.1) is 0 Å². The Morgan fingerprint density at radius 1 is 1.08 bits per heavy atom. The highest BCUT2D eigenvalue weighted by Crippen LogP contribution is 2.17. The van der Waals surface area contributed by atoms with E-state index in [0.717, 1.165) is 31.9 Å². The topological polar surface area (TPSA) is 56.2 Å². The molecule has 2 aromatic rings. The summed E-state index contributed by atoms with van der Waals surface area (Å²) in [4.78, 5) is 4.29. The first-order chi connectivity index (χ1) is 12.6. The molecule has 140 valence electrons. The SMILES string of the molecule is CN(Cc1ccccc1)C[C@@H](O)COc1ccc(CN2CC(O)C2)cc1. The molecule has 0 bridgehead atoms. The Morgan fingerprint density at radius 3 is 2.42 bits per heavy atom. The summed E-state index contributed by atoms with van der Waals surface area (Å²) in [5.74, 6) is 0.766. The van der Waals surface area contributed by atoms with Crippen molar-refractivity contribution in [3.05, 3.63) is 65.7 Å². The third-order valence-electron chi connectivity index (χ3n) is 4.53. The Bertz CT molecular complexity index is 657. The molecule has 26 heavy (non-hydrogen) atoms. The average molecular weight is 356 g/mol. The lowest BCUT2D eigenvalue weighted by Crippen LogP contribution is -2.49. The zero-order valence-electron chi connectivity index (χ0n) is 15.3. The molecule has 2 N–H and O–H groups in total. The fourth-order valence-corrected chi connectivity index (χ4v) is 3.19. The minimum atomic E-state index is -0.536. The van der Waals surface area contributed by atoms with Crippen LogP contribution < -0.4 is 4.74 Å². The van der Waals surface area contributed by atoms with E-state index in [1.807, 2.05) is 49.5 Å². The lowest BCUT2D eigenvalue weighted by molar-refractivity contribution is -0.00287. The molecule has 3 rings (SSSR count). The predicted molar refractivity (Wildman–Crippen MR) is 102 cm³/mol. The molecule has 5 heteroatoms. The van der Waals surface area contributed by atoms with Gasteiger partial charge in [0, 0.05) is 32.7 Å². The molecule has 0 spiro atoms. The number of hydrogen-bond acceptors (Lipinski definition) is 5. The van der Waals surface area contributed by atoms with Crippen molar-refractivity contribution in [1.82, 2.24) is 9.80 Å². The number of nitrogens with zero attached hydrogens (tertiary/aromatic N) is 2. The molecule has 1 fully saturated rings. The molecule has 0 radical (unpaired) electrons. The Morgan fingerprint density at radius 2 is 1.77 bits per heavy atom. The van der Waals surface area contributed by atoms with Gasteiger partial charge in [-0.25, -0.2) is 0 Å². The summed E-state index contributed by atoms with van der Waals surface area (Å²) in [6.45, 7) is 3.99. The Labute approximate surface area is 155 Å². The highest BCUT2D eigenvalue weighted by Gasteiger charge is 2.23. The summed E-state index contributed by atoms with van der Waals surface area (Å²) < 4.78 is 5.71. The highest BCUT2D eigenvalue weighted by molar-refractivity contribution is 5.27. The quantitative estimate of drug-likeness (QED) is 0.717. The van der Waals surface area contributed by atoms with E-state index >= 15 is 0 Å². The van der Waals surface area contributed by atoms with Crippen LogP contribution in [-0.4, -0.2) is 65.5 Å². The van der Waals surface area contributed by atoms with Crippen molar-refractivity contribution in [3.63, 3.8) is 0 Å². The first-order valence-corrected chi connectivity index (χ1v) is 9.11. The van der Waals surface area contributed by atoms with E-state index in [1.165, 1.54) is 11.1 Å². The van der Waals surface area contributed by atoms with Gasteiger partial charge in [-0.3, -0.25) is 9.80 Å². The Kier molecular flexibility index (Phi) is 6.63. The molecule has 0 amide bonds. The minimum Gasteiger partial charge on any atom is -0.491 e. The van der Waals surface area contributed by atoms with E-state index in [4.69, 9.17) is 4.74 Å². The van der Waals surface area contributed by atoms with Gasteiger partial charge < -0.3 is 14.9 Å². The first kappa shape index (κ1) is 18.9. The maximum Gasteiger partial charge on any atom is 0.119 e. The highest BCUT2D eigenvalue weighted by atomic mass is 16.5. The fourth-order valence-electron chi connectivity index (χ4n) is 3.19.